The highest BCUT2D eigenvalue weighted by molar-refractivity contribution is 14.0. The zero-order valence-corrected chi connectivity index (χ0v) is 21.3. The highest BCUT2D eigenvalue weighted by Gasteiger charge is 2.26. The van der Waals surface area contributed by atoms with E-state index in [4.69, 9.17) is 8.83 Å². The smallest absolute Gasteiger partial charge is 0.208 e. The van der Waals surface area contributed by atoms with Crippen LogP contribution in [0.25, 0.3) is 0 Å². The molecule has 3 heterocycles. The lowest BCUT2D eigenvalue weighted by Crippen LogP contribution is -2.43. The van der Waals surface area contributed by atoms with Gasteiger partial charge in [-0.05, 0) is 71.7 Å². The minimum absolute atomic E-state index is 0. The summed E-state index contributed by atoms with van der Waals surface area (Å²) in [5, 5.41) is 17.3. The van der Waals surface area contributed by atoms with Crippen LogP contribution in [-0.4, -0.2) is 53.7 Å². The molecule has 0 amide bonds. The van der Waals surface area contributed by atoms with Crippen LogP contribution >= 0.6 is 24.0 Å². The Balaban J connectivity index is 0.00000341. The van der Waals surface area contributed by atoms with Crippen LogP contribution in [0.4, 0.5) is 0 Å². The van der Waals surface area contributed by atoms with Crippen molar-refractivity contribution in [3.63, 3.8) is 0 Å². The molecule has 1 atom stereocenters. The third kappa shape index (κ3) is 7.50. The second kappa shape index (κ2) is 11.9. The van der Waals surface area contributed by atoms with Crippen LogP contribution < -0.4 is 10.6 Å². The van der Waals surface area contributed by atoms with Gasteiger partial charge in [-0.3, -0.25) is 4.90 Å². The number of aryl methyl sites for hydroxylation is 2. The predicted octanol–water partition coefficient (Wildman–Crippen LogP) is 3.18. The van der Waals surface area contributed by atoms with Crippen molar-refractivity contribution in [3.8, 4) is 0 Å². The van der Waals surface area contributed by atoms with Crippen molar-refractivity contribution in [2.24, 2.45) is 10.9 Å². The monoisotopic (exact) mass is 545 g/mol. The number of rotatable bonds is 8. The Morgan fingerprint density at radius 2 is 2.06 bits per heavy atom. The van der Waals surface area contributed by atoms with E-state index in [2.05, 4.69) is 25.5 Å². The molecule has 8 nitrogen and oxygen atoms in total. The van der Waals surface area contributed by atoms with Gasteiger partial charge in [-0.2, -0.15) is 0 Å². The first-order chi connectivity index (χ1) is 14.4. The molecule has 2 aromatic rings. The number of hydrogen-bond acceptors (Lipinski definition) is 6. The third-order valence-corrected chi connectivity index (χ3v) is 5.64. The van der Waals surface area contributed by atoms with Crippen molar-refractivity contribution in [1.29, 1.82) is 0 Å². The molecule has 0 aromatic carbocycles. The highest BCUT2D eigenvalue weighted by atomic mass is 127. The zero-order chi connectivity index (χ0) is 21.6. The van der Waals surface area contributed by atoms with E-state index in [1.807, 2.05) is 20.8 Å². The summed E-state index contributed by atoms with van der Waals surface area (Å²) < 4.78 is 11.0. The molecular formula is C22H36IN5O3. The van der Waals surface area contributed by atoms with Crippen LogP contribution in [-0.2, 0) is 12.1 Å². The van der Waals surface area contributed by atoms with Crippen LogP contribution in [0.1, 0.15) is 49.8 Å². The number of nitrogens with one attached hydrogen (secondary N) is 2. The van der Waals surface area contributed by atoms with Gasteiger partial charge in [0, 0.05) is 13.1 Å². The minimum atomic E-state index is -1.13. The second-order valence-electron chi connectivity index (χ2n) is 8.30. The molecule has 0 radical (unpaired) electrons. The summed E-state index contributed by atoms with van der Waals surface area (Å²) in [6.45, 7) is 12.4. The number of nitrogens with zero attached hydrogens (tertiary/aromatic N) is 3. The maximum absolute atomic E-state index is 10.6. The summed E-state index contributed by atoms with van der Waals surface area (Å²) in [5.74, 6) is 3.55. The van der Waals surface area contributed by atoms with Crippen molar-refractivity contribution < 1.29 is 13.9 Å². The number of aliphatic imine (C=N–C) groups is 1. The Hall–Kier alpha value is -1.59. The summed E-state index contributed by atoms with van der Waals surface area (Å²) in [6, 6.07) is 3.54. The second-order valence-corrected chi connectivity index (χ2v) is 8.30. The lowest BCUT2D eigenvalue weighted by Gasteiger charge is -2.31. The number of oxazole rings is 1. The van der Waals surface area contributed by atoms with Gasteiger partial charge in [0.15, 0.2) is 5.96 Å². The Labute approximate surface area is 201 Å². The van der Waals surface area contributed by atoms with E-state index in [1.165, 1.54) is 0 Å². The fraction of sp³-hybridized carbons (Fsp3) is 0.636. The number of piperidine rings is 1. The Morgan fingerprint density at radius 1 is 1.32 bits per heavy atom. The first-order valence-corrected chi connectivity index (χ1v) is 10.8. The summed E-state index contributed by atoms with van der Waals surface area (Å²) in [6.07, 6.45) is 3.80. The molecule has 2 aromatic heterocycles. The molecule has 1 saturated heterocycles. The van der Waals surface area contributed by atoms with Crippen molar-refractivity contribution in [1.82, 2.24) is 20.5 Å². The largest absolute Gasteiger partial charge is 0.466 e. The van der Waals surface area contributed by atoms with Crippen LogP contribution in [0.3, 0.4) is 0 Å². The summed E-state index contributed by atoms with van der Waals surface area (Å²) in [5.41, 5.74) is -0.154. The molecular weight excluding hydrogens is 509 g/mol. The van der Waals surface area contributed by atoms with Crippen molar-refractivity contribution in [2.75, 3.05) is 32.7 Å². The average Bonchev–Trinajstić information content (AvgIpc) is 3.36. The van der Waals surface area contributed by atoms with E-state index in [0.717, 1.165) is 68.9 Å². The standard InChI is InChI=1S/C22H35N5O3.HI/c1-5-23-21(25-15-22(4,28)19-7-6-12-29-19)24-13-18-8-10-27(11-9-18)14-20-26-16(2)17(3)30-20;/h6-7,12,18,28H,5,8-11,13-15H2,1-4H3,(H2,23,24,25);1H. The molecule has 1 fully saturated rings. The molecule has 1 unspecified atom stereocenters. The van der Waals surface area contributed by atoms with Gasteiger partial charge in [0.05, 0.1) is 25.0 Å². The number of furan rings is 1. The molecule has 0 spiro atoms. The quantitative estimate of drug-likeness (QED) is 0.266. The van der Waals surface area contributed by atoms with Crippen molar-refractivity contribution >= 4 is 29.9 Å². The number of aromatic nitrogens is 1. The van der Waals surface area contributed by atoms with E-state index >= 15 is 0 Å². The summed E-state index contributed by atoms with van der Waals surface area (Å²) >= 11 is 0. The molecule has 3 rings (SSSR count). The first kappa shape index (κ1) is 25.7. The molecule has 3 N–H and O–H groups in total. The molecule has 31 heavy (non-hydrogen) atoms. The molecule has 0 bridgehead atoms. The number of guanidine groups is 1. The number of aliphatic hydroxyl groups is 1. The molecule has 0 saturated carbocycles. The van der Waals surface area contributed by atoms with Gasteiger partial charge >= 0.3 is 0 Å². The lowest BCUT2D eigenvalue weighted by molar-refractivity contribution is 0.0437. The van der Waals surface area contributed by atoms with Crippen molar-refractivity contribution in [3.05, 3.63) is 41.5 Å². The summed E-state index contributed by atoms with van der Waals surface area (Å²) in [7, 11) is 0. The minimum Gasteiger partial charge on any atom is -0.466 e. The lowest BCUT2D eigenvalue weighted by atomic mass is 9.97. The van der Waals surface area contributed by atoms with E-state index < -0.39 is 5.60 Å². The zero-order valence-electron chi connectivity index (χ0n) is 19.0. The van der Waals surface area contributed by atoms with Gasteiger partial charge in [-0.15, -0.1) is 24.0 Å². The normalized spacial score (nSPS) is 17.8. The maximum Gasteiger partial charge on any atom is 0.208 e. The number of halogens is 1. The Kier molecular flexibility index (Phi) is 9.83. The number of hydrogen-bond donors (Lipinski definition) is 3. The van der Waals surface area contributed by atoms with Crippen molar-refractivity contribution in [2.45, 2.75) is 52.7 Å². The highest BCUT2D eigenvalue weighted by Crippen LogP contribution is 2.21. The fourth-order valence-electron chi connectivity index (χ4n) is 3.63. The van der Waals surface area contributed by atoms with E-state index in [9.17, 15) is 5.11 Å². The van der Waals surface area contributed by atoms with Gasteiger partial charge in [0.2, 0.25) is 5.89 Å². The number of likely N-dealkylation sites (tertiary alicyclic amines) is 1. The van der Waals surface area contributed by atoms with E-state index in [0.29, 0.717) is 11.7 Å². The maximum atomic E-state index is 10.6. The topological polar surface area (TPSA) is 99.1 Å². The average molecular weight is 545 g/mol. The molecule has 1 aliphatic heterocycles. The third-order valence-electron chi connectivity index (χ3n) is 5.64. The van der Waals surface area contributed by atoms with Crippen LogP contribution in [0.15, 0.2) is 32.2 Å². The predicted molar refractivity (Wildman–Crippen MR) is 132 cm³/mol. The van der Waals surface area contributed by atoms with Gasteiger partial charge in [0.25, 0.3) is 0 Å². The van der Waals surface area contributed by atoms with Gasteiger partial charge in [-0.25, -0.2) is 9.98 Å². The SMILES string of the molecule is CCNC(=NCC(C)(O)c1ccco1)NCC1CCN(Cc2nc(C)c(C)o2)CC1.I. The Bertz CT molecular complexity index is 792. The first-order valence-electron chi connectivity index (χ1n) is 10.8. The van der Waals surface area contributed by atoms with Crippen LogP contribution in [0, 0.1) is 19.8 Å². The molecule has 0 aliphatic carbocycles. The molecule has 1 aliphatic rings. The Morgan fingerprint density at radius 3 is 2.65 bits per heavy atom. The van der Waals surface area contributed by atoms with Crippen LogP contribution in [0.5, 0.6) is 0 Å². The fourth-order valence-corrected chi connectivity index (χ4v) is 3.63. The van der Waals surface area contributed by atoms with E-state index in [-0.39, 0.29) is 30.5 Å². The van der Waals surface area contributed by atoms with Gasteiger partial charge in [-0.1, -0.05) is 0 Å². The molecule has 174 valence electrons. The van der Waals surface area contributed by atoms with Gasteiger partial charge < -0.3 is 24.6 Å². The summed E-state index contributed by atoms with van der Waals surface area (Å²) in [4.78, 5) is 11.5. The van der Waals surface area contributed by atoms with Gasteiger partial charge in [0.1, 0.15) is 17.1 Å². The van der Waals surface area contributed by atoms with Crippen LogP contribution in [0.2, 0.25) is 0 Å². The molecule has 9 heteroatoms. The van der Waals surface area contributed by atoms with E-state index in [1.54, 1.807) is 25.3 Å².